The summed E-state index contributed by atoms with van der Waals surface area (Å²) < 4.78 is 21.1. The summed E-state index contributed by atoms with van der Waals surface area (Å²) in [6.07, 6.45) is -7.36. The molecule has 1 saturated heterocycles. The van der Waals surface area contributed by atoms with Crippen molar-refractivity contribution in [3.63, 3.8) is 0 Å². The fourth-order valence-electron chi connectivity index (χ4n) is 3.79. The topological polar surface area (TPSA) is 175 Å². The summed E-state index contributed by atoms with van der Waals surface area (Å²) in [7, 11) is 1.18. The summed E-state index contributed by atoms with van der Waals surface area (Å²) in [5, 5.41) is 59.1. The van der Waals surface area contributed by atoms with Crippen LogP contribution in [0.4, 0.5) is 0 Å². The zero-order chi connectivity index (χ0) is 20.6. The Morgan fingerprint density at radius 1 is 1.07 bits per heavy atom. The molecule has 0 amide bonds. The average molecular weight is 404 g/mol. The summed E-state index contributed by atoms with van der Waals surface area (Å²) in [6.45, 7) is -1.07. The van der Waals surface area contributed by atoms with Gasteiger partial charge in [-0.25, -0.2) is 4.79 Å². The van der Waals surface area contributed by atoms with Gasteiger partial charge in [-0.2, -0.15) is 0 Å². The van der Waals surface area contributed by atoms with E-state index in [2.05, 4.69) is 0 Å². The third-order valence-electron chi connectivity index (χ3n) is 5.27. The highest BCUT2D eigenvalue weighted by molar-refractivity contribution is 5.89. The number of hydrogen-bond acceptors (Lipinski definition) is 11. The number of hydrogen-bond donors (Lipinski definition) is 6. The molecule has 0 saturated carbocycles. The van der Waals surface area contributed by atoms with E-state index in [0.29, 0.717) is 5.57 Å². The van der Waals surface area contributed by atoms with Crippen molar-refractivity contribution in [2.75, 3.05) is 20.3 Å². The number of rotatable bonds is 5. The smallest absolute Gasteiger partial charge is 0.337 e. The van der Waals surface area contributed by atoms with Gasteiger partial charge in [-0.05, 0) is 5.57 Å². The minimum absolute atomic E-state index is 0.0494. The van der Waals surface area contributed by atoms with Crippen molar-refractivity contribution in [1.29, 1.82) is 0 Å². The lowest BCUT2D eigenvalue weighted by Crippen LogP contribution is -2.60. The highest BCUT2D eigenvalue weighted by atomic mass is 16.8. The lowest BCUT2D eigenvalue weighted by atomic mass is 9.82. The Kier molecular flexibility index (Phi) is 6.37. The van der Waals surface area contributed by atoms with Gasteiger partial charge in [0.25, 0.3) is 0 Å². The van der Waals surface area contributed by atoms with Gasteiger partial charge >= 0.3 is 5.97 Å². The molecule has 3 rings (SSSR count). The van der Waals surface area contributed by atoms with E-state index in [4.69, 9.17) is 18.9 Å². The van der Waals surface area contributed by atoms with Crippen molar-refractivity contribution in [1.82, 2.24) is 0 Å². The minimum atomic E-state index is -1.65. The van der Waals surface area contributed by atoms with Gasteiger partial charge in [0, 0.05) is 5.92 Å². The Morgan fingerprint density at radius 2 is 1.79 bits per heavy atom. The minimum Gasteiger partial charge on any atom is -0.471 e. The second-order valence-corrected chi connectivity index (χ2v) is 6.84. The van der Waals surface area contributed by atoms with Crippen LogP contribution in [0.5, 0.6) is 0 Å². The molecule has 0 spiro atoms. The van der Waals surface area contributed by atoms with Crippen LogP contribution in [0.25, 0.3) is 0 Å². The third kappa shape index (κ3) is 3.55. The Morgan fingerprint density at radius 3 is 2.39 bits per heavy atom. The van der Waals surface area contributed by atoms with E-state index in [-0.39, 0.29) is 5.57 Å². The van der Waals surface area contributed by atoms with Gasteiger partial charge in [-0.15, -0.1) is 0 Å². The van der Waals surface area contributed by atoms with Gasteiger partial charge in [-0.1, -0.05) is 6.08 Å². The lowest BCUT2D eigenvalue weighted by molar-refractivity contribution is -0.340. The van der Waals surface area contributed by atoms with Crippen LogP contribution in [0.2, 0.25) is 0 Å². The largest absolute Gasteiger partial charge is 0.471 e. The van der Waals surface area contributed by atoms with Crippen LogP contribution < -0.4 is 0 Å². The predicted molar refractivity (Wildman–Crippen MR) is 88.0 cm³/mol. The number of carbonyl (C=O) groups excluding carboxylic acids is 1. The molecule has 2 heterocycles. The van der Waals surface area contributed by atoms with E-state index >= 15 is 0 Å². The number of aliphatic hydroxyl groups excluding tert-OH is 6. The van der Waals surface area contributed by atoms with E-state index < -0.39 is 74.1 Å². The molecule has 1 aliphatic carbocycles. The maximum Gasteiger partial charge on any atom is 0.337 e. The molecule has 6 N–H and O–H groups in total. The standard InChI is InChI=1S/C17H24O11/c1-25-15(24)7-5-26-16(10-6(3-18)2-8(20)11(7)10)28-17-14(23)13(22)12(21)9(4-19)27-17/h2,5,8-14,16-23H,3-4H2,1H3. The van der Waals surface area contributed by atoms with Crippen LogP contribution in [0.15, 0.2) is 23.5 Å². The Bertz CT molecular complexity index is 645. The molecule has 158 valence electrons. The van der Waals surface area contributed by atoms with E-state index in [1.165, 1.54) is 13.2 Å². The molecule has 9 unspecified atom stereocenters. The van der Waals surface area contributed by atoms with Gasteiger partial charge in [0.2, 0.25) is 6.29 Å². The van der Waals surface area contributed by atoms with Gasteiger partial charge in [0.05, 0.1) is 44.2 Å². The Balaban J connectivity index is 1.84. The fraction of sp³-hybridized carbons (Fsp3) is 0.706. The molecule has 11 nitrogen and oxygen atoms in total. The van der Waals surface area contributed by atoms with Crippen molar-refractivity contribution in [2.45, 2.75) is 43.1 Å². The van der Waals surface area contributed by atoms with Gasteiger partial charge in [-0.3, -0.25) is 0 Å². The van der Waals surface area contributed by atoms with E-state index in [1.54, 1.807) is 0 Å². The van der Waals surface area contributed by atoms with Gasteiger partial charge in [0.1, 0.15) is 24.4 Å². The van der Waals surface area contributed by atoms with Crippen LogP contribution in [-0.4, -0.2) is 100 Å². The van der Waals surface area contributed by atoms with Crippen LogP contribution >= 0.6 is 0 Å². The van der Waals surface area contributed by atoms with Crippen molar-refractivity contribution in [3.05, 3.63) is 23.5 Å². The predicted octanol–water partition coefficient (Wildman–Crippen LogP) is -3.26. The first-order valence-electron chi connectivity index (χ1n) is 8.73. The third-order valence-corrected chi connectivity index (χ3v) is 5.27. The monoisotopic (exact) mass is 404 g/mol. The van der Waals surface area contributed by atoms with Gasteiger partial charge in [0.15, 0.2) is 6.29 Å². The molecule has 0 aromatic carbocycles. The lowest BCUT2D eigenvalue weighted by Gasteiger charge is -2.43. The quantitative estimate of drug-likeness (QED) is 0.200. The first kappa shape index (κ1) is 21.1. The number of esters is 1. The van der Waals surface area contributed by atoms with E-state index in [1.807, 2.05) is 0 Å². The van der Waals surface area contributed by atoms with Gasteiger partial charge < -0.3 is 49.6 Å². The second kappa shape index (κ2) is 8.43. The second-order valence-electron chi connectivity index (χ2n) is 6.84. The molecule has 0 aromatic rings. The highest BCUT2D eigenvalue weighted by Gasteiger charge is 2.52. The molecule has 9 atom stereocenters. The summed E-state index contributed by atoms with van der Waals surface area (Å²) in [5.41, 5.74) is 0.398. The number of ether oxygens (including phenoxy) is 4. The average Bonchev–Trinajstić information content (AvgIpc) is 3.05. The molecule has 0 aromatic heterocycles. The number of methoxy groups -OCH3 is 1. The molecule has 3 aliphatic rings. The molecule has 0 bridgehead atoms. The van der Waals surface area contributed by atoms with Crippen LogP contribution in [0.1, 0.15) is 0 Å². The van der Waals surface area contributed by atoms with Crippen LogP contribution in [-0.2, 0) is 23.7 Å². The molecule has 28 heavy (non-hydrogen) atoms. The first-order chi connectivity index (χ1) is 13.3. The Hall–Kier alpha value is -1.57. The molecule has 2 aliphatic heterocycles. The Labute approximate surface area is 160 Å². The molecular formula is C17H24O11. The summed E-state index contributed by atoms with van der Waals surface area (Å²) in [4.78, 5) is 12.0. The normalized spacial score (nSPS) is 42.9. The molecule has 11 heteroatoms. The van der Waals surface area contributed by atoms with Crippen molar-refractivity contribution < 1.29 is 54.4 Å². The molecule has 1 fully saturated rings. The van der Waals surface area contributed by atoms with Crippen LogP contribution in [0, 0.1) is 11.8 Å². The van der Waals surface area contributed by atoms with E-state index in [0.717, 1.165) is 6.26 Å². The zero-order valence-electron chi connectivity index (χ0n) is 15.0. The van der Waals surface area contributed by atoms with Crippen LogP contribution in [0.3, 0.4) is 0 Å². The molecular weight excluding hydrogens is 380 g/mol. The SMILES string of the molecule is COC(=O)C1=COC(OC2OC(CO)C(O)C(O)C2O)C2C(CO)=CC(O)C12. The zero-order valence-corrected chi connectivity index (χ0v) is 15.0. The highest BCUT2D eigenvalue weighted by Crippen LogP contribution is 2.44. The maximum absolute atomic E-state index is 12.0. The maximum atomic E-state index is 12.0. The van der Waals surface area contributed by atoms with Crippen molar-refractivity contribution >= 4 is 5.97 Å². The van der Waals surface area contributed by atoms with E-state index in [9.17, 15) is 35.4 Å². The fourth-order valence-corrected chi connectivity index (χ4v) is 3.79. The summed E-state index contributed by atoms with van der Waals surface area (Å²) >= 11 is 0. The summed E-state index contributed by atoms with van der Waals surface area (Å²) in [5.74, 6) is -2.34. The summed E-state index contributed by atoms with van der Waals surface area (Å²) in [6, 6.07) is 0. The number of fused-ring (bicyclic) bond motifs is 1. The number of carbonyl (C=O) groups is 1. The number of aliphatic hydroxyl groups is 6. The molecule has 0 radical (unpaired) electrons. The van der Waals surface area contributed by atoms with Crippen molar-refractivity contribution in [3.8, 4) is 0 Å². The first-order valence-corrected chi connectivity index (χ1v) is 8.73. The van der Waals surface area contributed by atoms with Crippen molar-refractivity contribution in [2.24, 2.45) is 11.8 Å².